The Bertz CT molecular complexity index is 819. The van der Waals surface area contributed by atoms with Crippen molar-refractivity contribution >= 4 is 17.6 Å². The molecule has 2 aromatic heterocycles. The number of anilines is 1. The first-order valence-electron chi connectivity index (χ1n) is 8.89. The number of aromatic nitrogens is 4. The van der Waals surface area contributed by atoms with E-state index in [9.17, 15) is 13.6 Å². The summed E-state index contributed by atoms with van der Waals surface area (Å²) in [6.45, 7) is 8.61. The highest BCUT2D eigenvalue weighted by Crippen LogP contribution is 2.23. The van der Waals surface area contributed by atoms with E-state index < -0.39 is 17.9 Å². The number of rotatable bonds is 3. The van der Waals surface area contributed by atoms with Crippen molar-refractivity contribution in [2.75, 3.05) is 18.4 Å². The number of carbonyl (C=O) groups is 1. The van der Waals surface area contributed by atoms with E-state index in [1.54, 1.807) is 17.0 Å². The highest BCUT2D eigenvalue weighted by molar-refractivity contribution is 5.68. The Hall–Kier alpha value is -2.52. The first-order valence-corrected chi connectivity index (χ1v) is 8.89. The molecule has 2 aromatic rings. The second-order valence-electron chi connectivity index (χ2n) is 7.79. The smallest absolute Gasteiger partial charge is 0.410 e. The van der Waals surface area contributed by atoms with Crippen molar-refractivity contribution in [2.24, 2.45) is 5.92 Å². The van der Waals surface area contributed by atoms with Crippen molar-refractivity contribution in [3.8, 4) is 0 Å². The maximum absolute atomic E-state index is 13.0. The summed E-state index contributed by atoms with van der Waals surface area (Å²) >= 11 is 0. The topological polar surface area (TPSA) is 84.6 Å². The van der Waals surface area contributed by atoms with Gasteiger partial charge in [0.1, 0.15) is 11.4 Å². The van der Waals surface area contributed by atoms with Gasteiger partial charge in [-0.3, -0.25) is 0 Å². The van der Waals surface area contributed by atoms with Gasteiger partial charge in [-0.05, 0) is 45.2 Å². The minimum atomic E-state index is -2.76. The molecule has 0 saturated carbocycles. The quantitative estimate of drug-likeness (QED) is 0.878. The lowest BCUT2D eigenvalue weighted by molar-refractivity contribution is 0.0176. The predicted octanol–water partition coefficient (Wildman–Crippen LogP) is 3.12. The number of likely N-dealkylation sites (tertiary alicyclic amines) is 1. The summed E-state index contributed by atoms with van der Waals surface area (Å²) in [6, 6.07) is 3.16. The summed E-state index contributed by atoms with van der Waals surface area (Å²) in [7, 11) is 0. The summed E-state index contributed by atoms with van der Waals surface area (Å²) in [4.78, 5) is 14.0. The van der Waals surface area contributed by atoms with Crippen LogP contribution in [0.4, 0.5) is 19.4 Å². The van der Waals surface area contributed by atoms with E-state index in [0.29, 0.717) is 18.9 Å². The van der Waals surface area contributed by atoms with Crippen molar-refractivity contribution in [2.45, 2.75) is 52.2 Å². The average molecular weight is 382 g/mol. The van der Waals surface area contributed by atoms with Gasteiger partial charge < -0.3 is 15.0 Å². The number of halogens is 2. The standard InChI is InChI=1S/C17H24F2N6O2/c1-10-7-8-24(16(26)27-17(2,3)4)9-11(10)20-12-5-6-13-21-22-15(14(18)19)25(13)23-12/h5-6,10-11,14H,7-9H2,1-4H3,(H,20,23). The van der Waals surface area contributed by atoms with Crippen molar-refractivity contribution in [3.05, 3.63) is 18.0 Å². The molecule has 0 aromatic carbocycles. The van der Waals surface area contributed by atoms with E-state index in [1.165, 1.54) is 0 Å². The number of nitrogens with one attached hydrogen (secondary N) is 1. The molecule has 1 aliphatic heterocycles. The molecule has 0 bridgehead atoms. The van der Waals surface area contributed by atoms with E-state index >= 15 is 0 Å². The number of alkyl halides is 2. The van der Waals surface area contributed by atoms with Crippen molar-refractivity contribution in [1.29, 1.82) is 0 Å². The van der Waals surface area contributed by atoms with Gasteiger partial charge >= 0.3 is 6.09 Å². The number of hydrogen-bond donors (Lipinski definition) is 1. The maximum atomic E-state index is 13.0. The van der Waals surface area contributed by atoms with Crippen LogP contribution in [0.3, 0.4) is 0 Å². The molecular weight excluding hydrogens is 358 g/mol. The largest absolute Gasteiger partial charge is 0.444 e. The minimum Gasteiger partial charge on any atom is -0.444 e. The molecule has 8 nitrogen and oxygen atoms in total. The number of piperidine rings is 1. The van der Waals surface area contributed by atoms with E-state index in [2.05, 4.69) is 27.5 Å². The zero-order chi connectivity index (χ0) is 19.8. The number of nitrogens with zero attached hydrogens (tertiary/aromatic N) is 5. The molecule has 2 unspecified atom stereocenters. The monoisotopic (exact) mass is 382 g/mol. The highest BCUT2D eigenvalue weighted by atomic mass is 19.3. The van der Waals surface area contributed by atoms with Crippen LogP contribution in [0.15, 0.2) is 12.1 Å². The minimum absolute atomic E-state index is 0.0808. The summed E-state index contributed by atoms with van der Waals surface area (Å²) < 4.78 is 32.5. The molecule has 2 atom stereocenters. The van der Waals surface area contributed by atoms with Crippen molar-refractivity contribution < 1.29 is 18.3 Å². The van der Waals surface area contributed by atoms with Crippen LogP contribution in [0.5, 0.6) is 0 Å². The highest BCUT2D eigenvalue weighted by Gasteiger charge is 2.31. The third-order valence-electron chi connectivity index (χ3n) is 4.43. The third-order valence-corrected chi connectivity index (χ3v) is 4.43. The fourth-order valence-electron chi connectivity index (χ4n) is 2.96. The fraction of sp³-hybridized carbons (Fsp3) is 0.647. The van der Waals surface area contributed by atoms with Crippen LogP contribution in [0.25, 0.3) is 5.65 Å². The van der Waals surface area contributed by atoms with E-state index in [4.69, 9.17) is 4.74 Å². The first kappa shape index (κ1) is 19.2. The van der Waals surface area contributed by atoms with Gasteiger partial charge in [-0.2, -0.15) is 4.52 Å². The van der Waals surface area contributed by atoms with Gasteiger partial charge in [-0.25, -0.2) is 13.6 Å². The Kier molecular flexibility index (Phi) is 5.16. The molecule has 3 rings (SSSR count). The summed E-state index contributed by atoms with van der Waals surface area (Å²) in [5.74, 6) is 0.199. The molecule has 1 aliphatic rings. The number of carbonyl (C=O) groups excluding carboxylic acids is 1. The molecule has 0 aliphatic carbocycles. The van der Waals surface area contributed by atoms with E-state index in [1.807, 2.05) is 20.8 Å². The number of ether oxygens (including phenoxy) is 1. The van der Waals surface area contributed by atoms with Crippen LogP contribution < -0.4 is 5.32 Å². The van der Waals surface area contributed by atoms with Crippen LogP contribution in [0.1, 0.15) is 46.4 Å². The van der Waals surface area contributed by atoms with Gasteiger partial charge in [0.2, 0.25) is 5.82 Å². The maximum Gasteiger partial charge on any atom is 0.410 e. The first-order chi connectivity index (χ1) is 12.6. The Morgan fingerprint density at radius 1 is 1.33 bits per heavy atom. The number of amides is 1. The van der Waals surface area contributed by atoms with Crippen molar-refractivity contribution in [3.63, 3.8) is 0 Å². The van der Waals surface area contributed by atoms with Gasteiger partial charge in [0.25, 0.3) is 6.43 Å². The Labute approximate surface area is 155 Å². The van der Waals surface area contributed by atoms with E-state index in [0.717, 1.165) is 10.9 Å². The Morgan fingerprint density at radius 2 is 2.07 bits per heavy atom. The van der Waals surface area contributed by atoms with Crippen LogP contribution >= 0.6 is 0 Å². The normalized spacial score (nSPS) is 20.9. The lowest BCUT2D eigenvalue weighted by Gasteiger charge is -2.38. The van der Waals surface area contributed by atoms with Crippen molar-refractivity contribution in [1.82, 2.24) is 24.7 Å². The predicted molar refractivity (Wildman–Crippen MR) is 94.7 cm³/mol. The van der Waals surface area contributed by atoms with Gasteiger partial charge in [0.05, 0.1) is 0 Å². The lowest BCUT2D eigenvalue weighted by Crippen LogP contribution is -2.50. The third kappa shape index (κ3) is 4.42. The van der Waals surface area contributed by atoms with Crippen LogP contribution in [-0.4, -0.2) is 55.5 Å². The van der Waals surface area contributed by atoms with Crippen LogP contribution in [0, 0.1) is 5.92 Å². The van der Waals surface area contributed by atoms with Gasteiger partial charge in [-0.15, -0.1) is 15.3 Å². The molecule has 0 radical (unpaired) electrons. The van der Waals surface area contributed by atoms with Crippen LogP contribution in [-0.2, 0) is 4.74 Å². The molecule has 27 heavy (non-hydrogen) atoms. The van der Waals surface area contributed by atoms with Crippen LogP contribution in [0.2, 0.25) is 0 Å². The summed E-state index contributed by atoms with van der Waals surface area (Å²) in [5.41, 5.74) is -0.307. The average Bonchev–Trinajstić information content (AvgIpc) is 2.98. The zero-order valence-corrected chi connectivity index (χ0v) is 15.8. The second kappa shape index (κ2) is 7.24. The van der Waals surface area contributed by atoms with Gasteiger partial charge in [-0.1, -0.05) is 6.92 Å². The Morgan fingerprint density at radius 3 is 2.74 bits per heavy atom. The van der Waals surface area contributed by atoms with Gasteiger partial charge in [0.15, 0.2) is 5.65 Å². The molecule has 1 amide bonds. The lowest BCUT2D eigenvalue weighted by atomic mass is 9.93. The molecule has 0 spiro atoms. The Balaban J connectivity index is 1.74. The summed E-state index contributed by atoms with van der Waals surface area (Å²) in [6.07, 6.45) is -2.32. The zero-order valence-electron chi connectivity index (χ0n) is 15.8. The fourth-order valence-corrected chi connectivity index (χ4v) is 2.96. The van der Waals surface area contributed by atoms with E-state index in [-0.39, 0.29) is 23.7 Å². The number of fused-ring (bicyclic) bond motifs is 1. The second-order valence-corrected chi connectivity index (χ2v) is 7.79. The molecule has 1 saturated heterocycles. The SMILES string of the molecule is CC1CCN(C(=O)OC(C)(C)C)CC1Nc1ccc2nnc(C(F)F)n2n1. The number of hydrogen-bond acceptors (Lipinski definition) is 6. The molecule has 10 heteroatoms. The molecule has 3 heterocycles. The summed E-state index contributed by atoms with van der Waals surface area (Å²) in [5, 5.41) is 14.6. The van der Waals surface area contributed by atoms with Gasteiger partial charge in [0, 0.05) is 19.1 Å². The molecular formula is C17H24F2N6O2. The molecule has 148 valence electrons. The molecule has 1 N–H and O–H groups in total. The molecule has 1 fully saturated rings.